The number of hydrogen-bond donors (Lipinski definition) is 1. The van der Waals surface area contributed by atoms with Gasteiger partial charge in [-0.3, -0.25) is 4.79 Å². The first-order valence-corrected chi connectivity index (χ1v) is 14.0. The molecule has 3 atom stereocenters. The summed E-state index contributed by atoms with van der Waals surface area (Å²) in [6.45, 7) is 0. The zero-order valence-electron chi connectivity index (χ0n) is 18.1. The number of amides is 1. The number of hydrogen-bond acceptors (Lipinski definition) is 5. The van der Waals surface area contributed by atoms with Crippen molar-refractivity contribution in [3.8, 4) is 0 Å². The smallest absolute Gasteiger partial charge is 0.251 e. The molecule has 0 saturated carbocycles. The SMILES string of the molecule is CS(=O)(=O)NC(c1ccccc1)[C@@]1(c2ccccc2)C(=O)N(S(C)(=O)=O)[C@H]1c1ccccc1. The normalized spacial score (nSPS) is 21.9. The Bertz CT molecular complexity index is 1320. The number of benzene rings is 3. The van der Waals surface area contributed by atoms with Crippen LogP contribution < -0.4 is 4.72 Å². The highest BCUT2D eigenvalue weighted by Crippen LogP contribution is 2.59. The van der Waals surface area contributed by atoms with Crippen molar-refractivity contribution in [2.75, 3.05) is 12.5 Å². The van der Waals surface area contributed by atoms with E-state index in [-0.39, 0.29) is 0 Å². The highest BCUT2D eigenvalue weighted by molar-refractivity contribution is 7.89. The lowest BCUT2D eigenvalue weighted by Gasteiger charge is -2.58. The molecule has 0 bridgehead atoms. The van der Waals surface area contributed by atoms with Crippen molar-refractivity contribution in [1.82, 2.24) is 9.03 Å². The molecule has 0 aliphatic carbocycles. The topological polar surface area (TPSA) is 101 Å². The fourth-order valence-electron chi connectivity index (χ4n) is 4.64. The number of β-lactam (4-membered cyclic amide) rings is 1. The van der Waals surface area contributed by atoms with E-state index in [0.717, 1.165) is 16.8 Å². The van der Waals surface area contributed by atoms with Gasteiger partial charge in [0.25, 0.3) is 5.91 Å². The maximum Gasteiger partial charge on any atom is 0.251 e. The summed E-state index contributed by atoms with van der Waals surface area (Å²) in [6.07, 6.45) is 2.01. The van der Waals surface area contributed by atoms with Crippen molar-refractivity contribution in [2.45, 2.75) is 17.5 Å². The Morgan fingerprint density at radius 1 is 0.788 bits per heavy atom. The second kappa shape index (κ2) is 8.40. The molecule has 1 heterocycles. The van der Waals surface area contributed by atoms with E-state index in [1.807, 2.05) is 0 Å². The Kier molecular flexibility index (Phi) is 5.90. The number of carbonyl (C=O) groups excluding carboxylic acids is 1. The van der Waals surface area contributed by atoms with Crippen LogP contribution in [0.1, 0.15) is 28.8 Å². The number of nitrogens with one attached hydrogen (secondary N) is 1. The van der Waals surface area contributed by atoms with Crippen LogP contribution in [0.15, 0.2) is 91.0 Å². The summed E-state index contributed by atoms with van der Waals surface area (Å²) in [5, 5.41) is 0. The summed E-state index contributed by atoms with van der Waals surface area (Å²) in [5.74, 6) is -0.685. The molecule has 1 saturated heterocycles. The van der Waals surface area contributed by atoms with Crippen molar-refractivity contribution in [1.29, 1.82) is 0 Å². The van der Waals surface area contributed by atoms with E-state index in [2.05, 4.69) is 4.72 Å². The Morgan fingerprint density at radius 2 is 1.27 bits per heavy atom. The van der Waals surface area contributed by atoms with Crippen molar-refractivity contribution in [2.24, 2.45) is 0 Å². The summed E-state index contributed by atoms with van der Waals surface area (Å²) >= 11 is 0. The van der Waals surface area contributed by atoms with Crippen LogP contribution in [0.25, 0.3) is 0 Å². The van der Waals surface area contributed by atoms with Crippen LogP contribution in [0, 0.1) is 0 Å². The van der Waals surface area contributed by atoms with Gasteiger partial charge in [0.2, 0.25) is 20.0 Å². The summed E-state index contributed by atoms with van der Waals surface area (Å²) in [4.78, 5) is 13.9. The van der Waals surface area contributed by atoms with Crippen molar-refractivity contribution in [3.05, 3.63) is 108 Å². The lowest BCUT2D eigenvalue weighted by Crippen LogP contribution is -2.71. The van der Waals surface area contributed by atoms with Crippen LogP contribution in [-0.4, -0.2) is 39.6 Å². The van der Waals surface area contributed by atoms with Gasteiger partial charge in [0.05, 0.1) is 24.6 Å². The third kappa shape index (κ3) is 4.07. The first-order chi connectivity index (χ1) is 15.6. The third-order valence-electron chi connectivity index (χ3n) is 5.86. The maximum atomic E-state index is 13.9. The molecule has 172 valence electrons. The third-order valence-corrected chi connectivity index (χ3v) is 7.62. The number of carbonyl (C=O) groups is 1. The van der Waals surface area contributed by atoms with Crippen LogP contribution in [0.2, 0.25) is 0 Å². The molecule has 1 aliphatic rings. The highest BCUT2D eigenvalue weighted by Gasteiger charge is 2.69. The van der Waals surface area contributed by atoms with Crippen LogP contribution in [0.4, 0.5) is 0 Å². The molecule has 0 aromatic heterocycles. The molecular formula is C24H24N2O5S2. The van der Waals surface area contributed by atoms with Gasteiger partial charge in [-0.15, -0.1) is 0 Å². The zero-order chi connectivity index (χ0) is 23.9. The average Bonchev–Trinajstić information content (AvgIpc) is 2.77. The van der Waals surface area contributed by atoms with E-state index < -0.39 is 43.5 Å². The first kappa shape index (κ1) is 23.2. The van der Waals surface area contributed by atoms with Gasteiger partial charge in [-0.2, -0.15) is 0 Å². The van der Waals surface area contributed by atoms with E-state index in [1.54, 1.807) is 91.0 Å². The second-order valence-corrected chi connectivity index (χ2v) is 11.8. The zero-order valence-corrected chi connectivity index (χ0v) is 19.8. The molecule has 1 N–H and O–H groups in total. The number of rotatable bonds is 7. The molecule has 4 rings (SSSR count). The maximum absolute atomic E-state index is 13.9. The molecule has 3 aromatic rings. The minimum absolute atomic E-state index is 0.522. The standard InChI is InChI=1S/C24H24N2O5S2/c1-32(28,29)25-21(18-12-6-3-7-13-18)24(20-16-10-5-11-17-20)22(19-14-8-4-9-15-19)26(23(24)27)33(2,30)31/h3-17,21-22,25H,1-2H3/t21?,22-,24+/m0/s1. The molecule has 1 amide bonds. The lowest BCUT2D eigenvalue weighted by atomic mass is 9.59. The van der Waals surface area contributed by atoms with Crippen LogP contribution in [-0.2, 0) is 30.3 Å². The average molecular weight is 485 g/mol. The largest absolute Gasteiger partial charge is 0.273 e. The quantitative estimate of drug-likeness (QED) is 0.520. The van der Waals surface area contributed by atoms with Gasteiger partial charge in [0, 0.05) is 0 Å². The van der Waals surface area contributed by atoms with Gasteiger partial charge in [-0.25, -0.2) is 25.9 Å². The number of nitrogens with zero attached hydrogens (tertiary/aromatic N) is 1. The van der Waals surface area contributed by atoms with E-state index >= 15 is 0 Å². The minimum Gasteiger partial charge on any atom is -0.273 e. The van der Waals surface area contributed by atoms with E-state index in [0.29, 0.717) is 16.7 Å². The highest BCUT2D eigenvalue weighted by atomic mass is 32.2. The van der Waals surface area contributed by atoms with Gasteiger partial charge in [0.15, 0.2) is 0 Å². The Hall–Kier alpha value is -3.01. The molecule has 9 heteroatoms. The van der Waals surface area contributed by atoms with Gasteiger partial charge in [-0.05, 0) is 16.7 Å². The summed E-state index contributed by atoms with van der Waals surface area (Å²) < 4.78 is 54.0. The molecule has 0 spiro atoms. The fourth-order valence-corrected chi connectivity index (χ4v) is 6.51. The molecule has 7 nitrogen and oxygen atoms in total. The molecular weight excluding hydrogens is 460 g/mol. The summed E-state index contributed by atoms with van der Waals surface area (Å²) in [5.41, 5.74) is 0.126. The second-order valence-electron chi connectivity index (χ2n) is 8.15. The number of sulfonamides is 2. The molecule has 0 radical (unpaired) electrons. The predicted octanol–water partition coefficient (Wildman–Crippen LogP) is 2.76. The van der Waals surface area contributed by atoms with Gasteiger partial charge in [0.1, 0.15) is 5.41 Å². The Morgan fingerprint density at radius 3 is 1.76 bits per heavy atom. The monoisotopic (exact) mass is 484 g/mol. The van der Waals surface area contributed by atoms with Crippen molar-refractivity contribution >= 4 is 26.0 Å². The van der Waals surface area contributed by atoms with E-state index in [9.17, 15) is 21.6 Å². The van der Waals surface area contributed by atoms with Gasteiger partial charge < -0.3 is 0 Å². The van der Waals surface area contributed by atoms with Gasteiger partial charge >= 0.3 is 0 Å². The molecule has 1 fully saturated rings. The Balaban J connectivity index is 2.08. The predicted molar refractivity (Wildman–Crippen MR) is 126 cm³/mol. The van der Waals surface area contributed by atoms with Gasteiger partial charge in [-0.1, -0.05) is 91.0 Å². The Labute approximate surface area is 194 Å². The molecule has 3 aromatic carbocycles. The van der Waals surface area contributed by atoms with Crippen LogP contribution in [0.5, 0.6) is 0 Å². The van der Waals surface area contributed by atoms with Crippen molar-refractivity contribution in [3.63, 3.8) is 0 Å². The van der Waals surface area contributed by atoms with Crippen molar-refractivity contribution < 1.29 is 21.6 Å². The van der Waals surface area contributed by atoms with Crippen LogP contribution >= 0.6 is 0 Å². The summed E-state index contributed by atoms with van der Waals surface area (Å²) in [7, 11) is -7.74. The fraction of sp³-hybridized carbons (Fsp3) is 0.208. The minimum atomic E-state index is -3.94. The summed E-state index contributed by atoms with van der Waals surface area (Å²) in [6, 6.07) is 24.3. The molecule has 1 aliphatic heterocycles. The van der Waals surface area contributed by atoms with E-state index in [4.69, 9.17) is 0 Å². The molecule has 1 unspecified atom stereocenters. The van der Waals surface area contributed by atoms with Crippen LogP contribution in [0.3, 0.4) is 0 Å². The first-order valence-electron chi connectivity index (χ1n) is 10.2. The van der Waals surface area contributed by atoms with E-state index in [1.165, 1.54) is 0 Å². The molecule has 33 heavy (non-hydrogen) atoms. The lowest BCUT2D eigenvalue weighted by molar-refractivity contribution is -0.153.